The lowest BCUT2D eigenvalue weighted by molar-refractivity contribution is 0.0959. The van der Waals surface area contributed by atoms with Crippen LogP contribution in [0.4, 0.5) is 5.69 Å². The molecule has 166 valence electrons. The molecule has 1 fully saturated rings. The smallest absolute Gasteiger partial charge is 0.256 e. The molecule has 0 radical (unpaired) electrons. The molecule has 4 rings (SSSR count). The number of nitrogens with one attached hydrogen (secondary N) is 2. The molecule has 0 spiro atoms. The number of benzene rings is 1. The van der Waals surface area contributed by atoms with Gasteiger partial charge in [-0.25, -0.2) is 9.67 Å². The summed E-state index contributed by atoms with van der Waals surface area (Å²) in [5, 5.41) is 11.2. The zero-order valence-corrected chi connectivity index (χ0v) is 19.0. The van der Waals surface area contributed by atoms with Gasteiger partial charge in [0, 0.05) is 18.2 Å². The van der Waals surface area contributed by atoms with E-state index in [-0.39, 0.29) is 17.4 Å². The van der Waals surface area contributed by atoms with Crippen molar-refractivity contribution in [3.05, 3.63) is 65.5 Å². The first-order valence-corrected chi connectivity index (χ1v) is 10.9. The molecule has 0 atom stereocenters. The number of carbonyl (C=O) groups is 2. The lowest BCUT2D eigenvalue weighted by Crippen LogP contribution is -2.25. The maximum atomic E-state index is 13.5. The number of rotatable bonds is 6. The zero-order chi connectivity index (χ0) is 23.0. The predicted molar refractivity (Wildman–Crippen MR) is 126 cm³/mol. The minimum absolute atomic E-state index is 0.268. The Kier molecular flexibility index (Phi) is 5.59. The number of nitrogens with zero attached hydrogens (tertiary/aromatic N) is 3. The number of aromatic nitrogens is 3. The molecule has 0 saturated heterocycles. The van der Waals surface area contributed by atoms with Crippen LogP contribution in [-0.2, 0) is 5.54 Å². The molecular formula is C25H29N5O2. The molecule has 3 aromatic rings. The topological polar surface area (TPSA) is 88.9 Å². The number of fused-ring (bicyclic) bond motifs is 1. The van der Waals surface area contributed by atoms with E-state index in [1.54, 1.807) is 30.3 Å². The van der Waals surface area contributed by atoms with Crippen LogP contribution in [0.2, 0.25) is 0 Å². The van der Waals surface area contributed by atoms with E-state index in [1.165, 1.54) is 0 Å². The van der Waals surface area contributed by atoms with Gasteiger partial charge >= 0.3 is 0 Å². The molecule has 0 aliphatic heterocycles. The van der Waals surface area contributed by atoms with Crippen molar-refractivity contribution in [1.29, 1.82) is 0 Å². The van der Waals surface area contributed by atoms with Gasteiger partial charge in [0.15, 0.2) is 5.65 Å². The van der Waals surface area contributed by atoms with E-state index in [0.29, 0.717) is 29.3 Å². The number of hydrogen-bond acceptors (Lipinski definition) is 4. The molecule has 2 N–H and O–H groups in total. The van der Waals surface area contributed by atoms with Crippen LogP contribution in [0.5, 0.6) is 0 Å². The van der Waals surface area contributed by atoms with Gasteiger partial charge in [0.1, 0.15) is 0 Å². The van der Waals surface area contributed by atoms with Crippen molar-refractivity contribution in [1.82, 2.24) is 20.1 Å². The number of aryl methyl sites for hydroxylation is 1. The van der Waals surface area contributed by atoms with E-state index < -0.39 is 0 Å². The molecule has 32 heavy (non-hydrogen) atoms. The number of anilines is 1. The summed E-state index contributed by atoms with van der Waals surface area (Å²) in [6, 6.07) is 8.87. The van der Waals surface area contributed by atoms with E-state index in [4.69, 9.17) is 10.1 Å². The van der Waals surface area contributed by atoms with Crippen LogP contribution in [0.15, 0.2) is 43.0 Å². The molecule has 1 saturated carbocycles. The van der Waals surface area contributed by atoms with Crippen LogP contribution in [-0.4, -0.2) is 33.1 Å². The molecular weight excluding hydrogens is 402 g/mol. The Balaban J connectivity index is 1.78. The highest BCUT2D eigenvalue weighted by Gasteiger charge is 2.30. The molecule has 2 aromatic heterocycles. The summed E-state index contributed by atoms with van der Waals surface area (Å²) in [5.41, 5.74) is 3.52. The molecule has 1 aromatic carbocycles. The standard InChI is InChI=1S/C25H29N5O2/c1-6-13-26-23(31)17-9-7-8-10-19(17)28-24(32)18-14-20(16-11-12-16)27-22-21(18)15(2)29-30(22)25(3,4)5/h6-10,14,16H,1,11-13H2,2-5H3,(H,26,31)(H,28,32). The number of amides is 2. The van der Waals surface area contributed by atoms with Gasteiger partial charge in [-0.1, -0.05) is 18.2 Å². The highest BCUT2D eigenvalue weighted by molar-refractivity contribution is 6.14. The van der Waals surface area contributed by atoms with Crippen LogP contribution >= 0.6 is 0 Å². The Morgan fingerprint density at radius 2 is 1.91 bits per heavy atom. The number of carbonyl (C=O) groups excluding carboxylic acids is 2. The van der Waals surface area contributed by atoms with Crippen LogP contribution in [0, 0.1) is 6.92 Å². The van der Waals surface area contributed by atoms with Gasteiger partial charge in [0.25, 0.3) is 11.8 Å². The SMILES string of the molecule is C=CCNC(=O)c1ccccc1NC(=O)c1cc(C2CC2)nc2c1c(C)nn2C(C)(C)C. The minimum Gasteiger partial charge on any atom is -0.349 e. The summed E-state index contributed by atoms with van der Waals surface area (Å²) in [7, 11) is 0. The number of pyridine rings is 1. The fraction of sp³-hybridized carbons (Fsp3) is 0.360. The zero-order valence-electron chi connectivity index (χ0n) is 19.0. The Bertz CT molecular complexity index is 1220. The predicted octanol–water partition coefficient (Wildman–Crippen LogP) is 4.54. The molecule has 7 heteroatoms. The van der Waals surface area contributed by atoms with E-state index in [1.807, 2.05) is 17.7 Å². The molecule has 7 nitrogen and oxygen atoms in total. The van der Waals surface area contributed by atoms with E-state index in [2.05, 4.69) is 38.0 Å². The molecule has 2 heterocycles. The highest BCUT2D eigenvalue weighted by atomic mass is 16.2. The maximum Gasteiger partial charge on any atom is 0.256 e. The van der Waals surface area contributed by atoms with Gasteiger partial charge in [-0.05, 0) is 58.7 Å². The van der Waals surface area contributed by atoms with Crippen LogP contribution < -0.4 is 10.6 Å². The summed E-state index contributed by atoms with van der Waals surface area (Å²) in [4.78, 5) is 30.9. The van der Waals surface area contributed by atoms with Crippen molar-refractivity contribution >= 4 is 28.5 Å². The van der Waals surface area contributed by atoms with Crippen LogP contribution in [0.1, 0.15) is 71.6 Å². The Labute approximate surface area is 187 Å². The first-order chi connectivity index (χ1) is 15.2. The third-order valence-corrected chi connectivity index (χ3v) is 5.54. The van der Waals surface area contributed by atoms with Crippen molar-refractivity contribution in [3.63, 3.8) is 0 Å². The molecule has 0 unspecified atom stereocenters. The largest absolute Gasteiger partial charge is 0.349 e. The number of hydrogen-bond donors (Lipinski definition) is 2. The van der Waals surface area contributed by atoms with E-state index >= 15 is 0 Å². The molecule has 1 aliphatic rings. The van der Waals surface area contributed by atoms with Crippen molar-refractivity contribution in [2.75, 3.05) is 11.9 Å². The molecule has 2 amide bonds. The second-order valence-corrected chi connectivity index (χ2v) is 9.23. The van der Waals surface area contributed by atoms with E-state index in [9.17, 15) is 9.59 Å². The summed E-state index contributed by atoms with van der Waals surface area (Å²) >= 11 is 0. The van der Waals surface area contributed by atoms with E-state index in [0.717, 1.165) is 35.3 Å². The third-order valence-electron chi connectivity index (χ3n) is 5.54. The van der Waals surface area contributed by atoms with Gasteiger partial charge in [0.2, 0.25) is 0 Å². The second-order valence-electron chi connectivity index (χ2n) is 9.23. The van der Waals surface area contributed by atoms with Crippen molar-refractivity contribution < 1.29 is 9.59 Å². The fourth-order valence-electron chi connectivity index (χ4n) is 3.78. The maximum absolute atomic E-state index is 13.5. The Morgan fingerprint density at radius 1 is 1.19 bits per heavy atom. The first-order valence-electron chi connectivity index (χ1n) is 10.9. The normalized spacial score (nSPS) is 13.8. The van der Waals surface area contributed by atoms with Crippen molar-refractivity contribution in [2.45, 2.75) is 52.0 Å². The molecule has 0 bridgehead atoms. The average Bonchev–Trinajstić information content (AvgIpc) is 3.54. The van der Waals surface area contributed by atoms with Gasteiger partial charge in [0.05, 0.1) is 33.4 Å². The first kappa shape index (κ1) is 21.7. The van der Waals surface area contributed by atoms with Gasteiger partial charge < -0.3 is 10.6 Å². The van der Waals surface area contributed by atoms with Crippen molar-refractivity contribution in [2.24, 2.45) is 0 Å². The highest BCUT2D eigenvalue weighted by Crippen LogP contribution is 2.41. The number of para-hydroxylation sites is 1. The summed E-state index contributed by atoms with van der Waals surface area (Å²) in [6.45, 7) is 12.1. The lowest BCUT2D eigenvalue weighted by Gasteiger charge is -2.20. The minimum atomic E-state index is -0.278. The van der Waals surface area contributed by atoms with Crippen molar-refractivity contribution in [3.8, 4) is 0 Å². The van der Waals surface area contributed by atoms with Gasteiger partial charge in [-0.2, -0.15) is 5.10 Å². The van der Waals surface area contributed by atoms with Crippen LogP contribution in [0.3, 0.4) is 0 Å². The summed E-state index contributed by atoms with van der Waals surface area (Å²) in [6.07, 6.45) is 3.77. The summed E-state index contributed by atoms with van der Waals surface area (Å²) < 4.78 is 1.90. The van der Waals surface area contributed by atoms with Crippen LogP contribution in [0.25, 0.3) is 11.0 Å². The van der Waals surface area contributed by atoms with Gasteiger partial charge in [-0.15, -0.1) is 6.58 Å². The second kappa shape index (κ2) is 8.22. The Morgan fingerprint density at radius 3 is 2.56 bits per heavy atom. The monoisotopic (exact) mass is 431 g/mol. The quantitative estimate of drug-likeness (QED) is 0.561. The average molecular weight is 432 g/mol. The third kappa shape index (κ3) is 4.15. The fourth-order valence-corrected chi connectivity index (χ4v) is 3.78. The Hall–Kier alpha value is -3.48. The summed E-state index contributed by atoms with van der Waals surface area (Å²) in [5.74, 6) is -0.164. The molecule has 1 aliphatic carbocycles. The lowest BCUT2D eigenvalue weighted by atomic mass is 10.1. The van der Waals surface area contributed by atoms with Gasteiger partial charge in [-0.3, -0.25) is 9.59 Å².